The number of nitrogens with zero attached hydrogens (tertiary/aromatic N) is 2. The summed E-state index contributed by atoms with van der Waals surface area (Å²) in [4.78, 5) is 21.8. The molecule has 0 aliphatic carbocycles. The maximum absolute atomic E-state index is 13.1. The third kappa shape index (κ3) is 7.06. The first-order valence-electron chi connectivity index (χ1n) is 10.4. The summed E-state index contributed by atoms with van der Waals surface area (Å²) in [6, 6.07) is 16.0. The van der Waals surface area contributed by atoms with Crippen molar-refractivity contribution >= 4 is 51.8 Å². The summed E-state index contributed by atoms with van der Waals surface area (Å²) in [5.41, 5.74) is 11.1. The molecule has 186 valence electrons. The van der Waals surface area contributed by atoms with Gasteiger partial charge >= 0.3 is 6.18 Å². The van der Waals surface area contributed by atoms with E-state index in [1.165, 1.54) is 48.7 Å². The van der Waals surface area contributed by atoms with Crippen LogP contribution in [-0.2, 0) is 0 Å². The van der Waals surface area contributed by atoms with E-state index < -0.39 is 17.8 Å². The van der Waals surface area contributed by atoms with E-state index in [1.54, 1.807) is 24.3 Å². The number of carbonyl (C=O) groups is 1. The minimum atomic E-state index is -4.74. The number of carbonyl (C=O) groups excluding carboxylic acids is 1. The van der Waals surface area contributed by atoms with Crippen molar-refractivity contribution < 1.29 is 18.0 Å². The van der Waals surface area contributed by atoms with Gasteiger partial charge in [-0.05, 0) is 41.8 Å². The standard InChI is InChI=1S/C25H21ClF3N5OS/c1-32-23(13-18(30)21-7-4-12-36-21)34-24(35)16-10-8-15(9-11-16)20(14-22(31)25(27,28)29)33-19-6-3-2-5-17(19)26/h2-14H,30-31H2,1H3,(H,32,34,35). The molecule has 5 N–H and O–H groups in total. The summed E-state index contributed by atoms with van der Waals surface area (Å²) in [5.74, 6) is -0.232. The molecule has 0 saturated heterocycles. The average molecular weight is 532 g/mol. The number of hydrogen-bond acceptors (Lipinski definition) is 6. The number of nitrogens with two attached hydrogens (primary N) is 2. The lowest BCUT2D eigenvalue weighted by molar-refractivity contribution is -0.0925. The second kappa shape index (κ2) is 11.7. The molecule has 1 heterocycles. The minimum Gasteiger partial charge on any atom is -0.397 e. The molecule has 0 aliphatic heterocycles. The first-order chi connectivity index (χ1) is 17.1. The maximum Gasteiger partial charge on any atom is 0.430 e. The molecule has 0 unspecified atom stereocenters. The second-order valence-electron chi connectivity index (χ2n) is 7.26. The van der Waals surface area contributed by atoms with Crippen molar-refractivity contribution in [3.8, 4) is 0 Å². The molecule has 0 spiro atoms. The molecule has 0 bridgehead atoms. The van der Waals surface area contributed by atoms with Gasteiger partial charge in [-0.3, -0.25) is 9.79 Å². The van der Waals surface area contributed by atoms with Gasteiger partial charge in [0.25, 0.3) is 5.91 Å². The highest BCUT2D eigenvalue weighted by molar-refractivity contribution is 7.11. The van der Waals surface area contributed by atoms with Gasteiger partial charge < -0.3 is 16.8 Å². The first kappa shape index (κ1) is 26.7. The van der Waals surface area contributed by atoms with E-state index in [2.05, 4.69) is 15.3 Å². The Morgan fingerprint density at radius 1 is 1.00 bits per heavy atom. The van der Waals surface area contributed by atoms with Crippen LogP contribution in [0.15, 0.2) is 93.9 Å². The Bertz CT molecular complexity index is 1340. The molecular formula is C25H21ClF3N5OS. The van der Waals surface area contributed by atoms with Gasteiger partial charge in [-0.15, -0.1) is 11.3 Å². The molecule has 0 radical (unpaired) electrons. The lowest BCUT2D eigenvalue weighted by Gasteiger charge is -2.10. The number of alkyl halides is 3. The Kier molecular flexibility index (Phi) is 8.68. The number of allylic oxidation sites excluding steroid dienone is 2. The Labute approximate surface area is 214 Å². The zero-order chi connectivity index (χ0) is 26.3. The van der Waals surface area contributed by atoms with Gasteiger partial charge in [0.15, 0.2) is 0 Å². The monoisotopic (exact) mass is 531 g/mol. The van der Waals surface area contributed by atoms with Gasteiger partial charge in [0.2, 0.25) is 0 Å². The SMILES string of the molecule is CN=C(C=C(N)c1cccs1)NC(=O)c1ccc(C(C=C(N)C(F)(F)F)=Nc2ccccc2Cl)cc1. The molecule has 1 amide bonds. The predicted molar refractivity (Wildman–Crippen MR) is 140 cm³/mol. The van der Waals surface area contributed by atoms with E-state index in [9.17, 15) is 18.0 Å². The molecule has 36 heavy (non-hydrogen) atoms. The zero-order valence-electron chi connectivity index (χ0n) is 18.9. The molecule has 1 aromatic heterocycles. The van der Waals surface area contributed by atoms with Gasteiger partial charge in [0, 0.05) is 24.3 Å². The number of rotatable bonds is 6. The van der Waals surface area contributed by atoms with Crippen molar-refractivity contribution in [2.75, 3.05) is 7.05 Å². The normalized spacial score (nSPS) is 13.6. The molecule has 3 aromatic rings. The van der Waals surface area contributed by atoms with E-state index in [4.69, 9.17) is 23.1 Å². The number of halogens is 4. The van der Waals surface area contributed by atoms with Crippen LogP contribution in [0.2, 0.25) is 5.02 Å². The topological polar surface area (TPSA) is 106 Å². The number of amides is 1. The van der Waals surface area contributed by atoms with Crippen LogP contribution >= 0.6 is 22.9 Å². The van der Waals surface area contributed by atoms with Crippen LogP contribution in [0.5, 0.6) is 0 Å². The van der Waals surface area contributed by atoms with Crippen LogP contribution in [-0.4, -0.2) is 30.7 Å². The first-order valence-corrected chi connectivity index (χ1v) is 11.6. The van der Waals surface area contributed by atoms with E-state index in [-0.39, 0.29) is 27.8 Å². The highest BCUT2D eigenvalue weighted by Crippen LogP contribution is 2.27. The molecule has 6 nitrogen and oxygen atoms in total. The van der Waals surface area contributed by atoms with Gasteiger partial charge in [0.05, 0.1) is 27.0 Å². The number of hydrogen-bond donors (Lipinski definition) is 3. The summed E-state index contributed by atoms with van der Waals surface area (Å²) in [6.07, 6.45) is -2.48. The van der Waals surface area contributed by atoms with Crippen LogP contribution in [0, 0.1) is 0 Å². The smallest absolute Gasteiger partial charge is 0.397 e. The van der Waals surface area contributed by atoms with Gasteiger partial charge in [-0.25, -0.2) is 4.99 Å². The number of para-hydroxylation sites is 1. The average Bonchev–Trinajstić information content (AvgIpc) is 3.39. The van der Waals surface area contributed by atoms with E-state index in [1.807, 2.05) is 17.5 Å². The maximum atomic E-state index is 13.1. The number of aliphatic imine (C=N–C) groups is 2. The zero-order valence-corrected chi connectivity index (χ0v) is 20.5. The lowest BCUT2D eigenvalue weighted by Crippen LogP contribution is -2.29. The van der Waals surface area contributed by atoms with Crippen molar-refractivity contribution in [1.29, 1.82) is 0 Å². The Morgan fingerprint density at radius 2 is 1.67 bits per heavy atom. The fraction of sp³-hybridized carbons (Fsp3) is 0.0800. The van der Waals surface area contributed by atoms with Crippen molar-refractivity contribution in [2.45, 2.75) is 6.18 Å². The molecule has 3 rings (SSSR count). The molecule has 0 aliphatic rings. The molecule has 11 heteroatoms. The Hall–Kier alpha value is -3.89. The highest BCUT2D eigenvalue weighted by Gasteiger charge is 2.31. The largest absolute Gasteiger partial charge is 0.430 e. The van der Waals surface area contributed by atoms with Crippen LogP contribution in [0.1, 0.15) is 20.8 Å². The van der Waals surface area contributed by atoms with E-state index >= 15 is 0 Å². The molecule has 2 aromatic carbocycles. The number of benzene rings is 2. The van der Waals surface area contributed by atoms with Crippen LogP contribution < -0.4 is 16.8 Å². The Balaban J connectivity index is 1.88. The van der Waals surface area contributed by atoms with Crippen LogP contribution in [0.25, 0.3) is 5.70 Å². The quantitative estimate of drug-likeness (QED) is 0.281. The summed E-state index contributed by atoms with van der Waals surface area (Å²) in [7, 11) is 1.51. The summed E-state index contributed by atoms with van der Waals surface area (Å²) in [6.45, 7) is 0. The van der Waals surface area contributed by atoms with E-state index in [0.717, 1.165) is 11.0 Å². The molecule has 0 atom stereocenters. The summed E-state index contributed by atoms with van der Waals surface area (Å²) < 4.78 is 39.3. The minimum absolute atomic E-state index is 0.0765. The van der Waals surface area contributed by atoms with Crippen molar-refractivity contribution in [3.05, 3.63) is 105 Å². The lowest BCUT2D eigenvalue weighted by atomic mass is 10.1. The van der Waals surface area contributed by atoms with Crippen LogP contribution in [0.4, 0.5) is 18.9 Å². The van der Waals surface area contributed by atoms with Crippen LogP contribution in [0.3, 0.4) is 0 Å². The number of amidine groups is 1. The van der Waals surface area contributed by atoms with Crippen molar-refractivity contribution in [2.24, 2.45) is 21.5 Å². The highest BCUT2D eigenvalue weighted by atomic mass is 35.5. The second-order valence-corrected chi connectivity index (χ2v) is 8.62. The fourth-order valence-electron chi connectivity index (χ4n) is 2.88. The summed E-state index contributed by atoms with van der Waals surface area (Å²) in [5, 5.41) is 4.79. The Morgan fingerprint density at radius 3 is 2.25 bits per heavy atom. The predicted octanol–water partition coefficient (Wildman–Crippen LogP) is 5.69. The molecular weight excluding hydrogens is 511 g/mol. The number of thiophene rings is 1. The van der Waals surface area contributed by atoms with Gasteiger partial charge in [0.1, 0.15) is 11.5 Å². The summed E-state index contributed by atoms with van der Waals surface area (Å²) >= 11 is 7.57. The van der Waals surface area contributed by atoms with Gasteiger partial charge in [-0.1, -0.05) is 41.9 Å². The molecule has 0 fully saturated rings. The third-order valence-corrected chi connectivity index (χ3v) is 5.97. The van der Waals surface area contributed by atoms with Crippen molar-refractivity contribution in [3.63, 3.8) is 0 Å². The fourth-order valence-corrected chi connectivity index (χ4v) is 3.71. The van der Waals surface area contributed by atoms with Crippen molar-refractivity contribution in [1.82, 2.24) is 5.32 Å². The third-order valence-electron chi connectivity index (χ3n) is 4.74. The van der Waals surface area contributed by atoms with E-state index in [0.29, 0.717) is 11.3 Å². The van der Waals surface area contributed by atoms with Gasteiger partial charge in [-0.2, -0.15) is 13.2 Å². The molecule has 0 saturated carbocycles. The number of nitrogens with one attached hydrogen (secondary N) is 1.